The molecule has 0 spiro atoms. The van der Waals surface area contributed by atoms with E-state index in [1.165, 1.54) is 30.3 Å². The summed E-state index contributed by atoms with van der Waals surface area (Å²) in [6.07, 6.45) is 7.08. The van der Waals surface area contributed by atoms with Crippen molar-refractivity contribution in [2.24, 2.45) is 0 Å². The van der Waals surface area contributed by atoms with Crippen LogP contribution in [0.2, 0.25) is 0 Å². The number of phenolic OH excluding ortho intramolecular Hbond substituents is 3. The SMILES string of the molecule is CCCCCC=CC=CC(=O)O[C@H]1[C@H](O)C[C@H](c2ccc3c(c2O)C(=O)c2c(O)cc4cc(C)cc(O)c4c2C3=O)O[C@@H]1C. The number of aliphatic hydroxyl groups is 1. The van der Waals surface area contributed by atoms with Gasteiger partial charge in [-0.3, -0.25) is 9.59 Å². The first-order valence-electron chi connectivity index (χ1n) is 14.8. The van der Waals surface area contributed by atoms with Gasteiger partial charge in [0.05, 0.1) is 29.4 Å². The monoisotopic (exact) mass is 600 g/mol. The number of carbonyl (C=O) groups excluding carboxylic acids is 3. The second-order valence-electron chi connectivity index (χ2n) is 11.4. The maximum Gasteiger partial charge on any atom is 0.331 e. The van der Waals surface area contributed by atoms with Crippen LogP contribution >= 0.6 is 0 Å². The standard InChI is InChI=1S/C35H36O9/c1-4-5-6-7-8-9-10-11-27(39)44-35-19(3)43-26(17-25(35)38)21-12-13-22-29(32(21)40)34(42)30-24(37)16-20-14-18(2)15-23(36)28(20)31(30)33(22)41/h8-16,19,25-26,35-38,40H,4-7,17H2,1-3H3/t19-,25-,26-,35-/m1/s1. The molecule has 0 aromatic heterocycles. The molecule has 1 aliphatic heterocycles. The Balaban J connectivity index is 1.37. The Hall–Kier alpha value is -4.47. The Kier molecular flexibility index (Phi) is 8.90. The molecule has 44 heavy (non-hydrogen) atoms. The number of unbranched alkanes of at least 4 members (excludes halogenated alkanes) is 3. The van der Waals surface area contributed by atoms with Gasteiger partial charge < -0.3 is 29.9 Å². The van der Waals surface area contributed by atoms with Crippen molar-refractivity contribution in [1.29, 1.82) is 0 Å². The predicted molar refractivity (Wildman–Crippen MR) is 163 cm³/mol. The van der Waals surface area contributed by atoms with Crippen LogP contribution in [0.3, 0.4) is 0 Å². The largest absolute Gasteiger partial charge is 0.507 e. The minimum absolute atomic E-state index is 0.0580. The molecule has 2 aliphatic rings. The van der Waals surface area contributed by atoms with Crippen LogP contribution in [-0.2, 0) is 14.3 Å². The van der Waals surface area contributed by atoms with E-state index in [-0.39, 0.29) is 45.4 Å². The number of hydrogen-bond acceptors (Lipinski definition) is 9. The predicted octanol–water partition coefficient (Wildman–Crippen LogP) is 5.86. The number of esters is 1. The summed E-state index contributed by atoms with van der Waals surface area (Å²) in [6.45, 7) is 5.51. The average Bonchev–Trinajstić information content (AvgIpc) is 2.96. The number of ether oxygens (including phenoxy) is 2. The lowest BCUT2D eigenvalue weighted by Crippen LogP contribution is -2.46. The quantitative estimate of drug-likeness (QED) is 0.0844. The van der Waals surface area contributed by atoms with E-state index < -0.39 is 53.5 Å². The van der Waals surface area contributed by atoms with Crippen LogP contribution in [-0.4, -0.2) is 56.3 Å². The molecule has 1 aliphatic carbocycles. The molecule has 4 atom stereocenters. The average molecular weight is 601 g/mol. The fourth-order valence-electron chi connectivity index (χ4n) is 6.08. The van der Waals surface area contributed by atoms with E-state index in [1.807, 2.05) is 6.08 Å². The number of aryl methyl sites for hydroxylation is 1. The van der Waals surface area contributed by atoms with E-state index in [4.69, 9.17) is 9.47 Å². The van der Waals surface area contributed by atoms with Crippen LogP contribution < -0.4 is 0 Å². The number of allylic oxidation sites excluding steroid dienone is 3. The van der Waals surface area contributed by atoms with E-state index >= 15 is 0 Å². The highest BCUT2D eigenvalue weighted by Crippen LogP contribution is 2.46. The van der Waals surface area contributed by atoms with Crippen LogP contribution in [0, 0.1) is 6.92 Å². The molecule has 0 radical (unpaired) electrons. The molecule has 230 valence electrons. The number of fused-ring (bicyclic) bond motifs is 4. The molecule has 0 amide bonds. The summed E-state index contributed by atoms with van der Waals surface area (Å²) >= 11 is 0. The number of carbonyl (C=O) groups is 3. The van der Waals surface area contributed by atoms with E-state index in [0.717, 1.165) is 25.7 Å². The van der Waals surface area contributed by atoms with Crippen molar-refractivity contribution in [2.45, 2.75) is 77.3 Å². The van der Waals surface area contributed by atoms with Crippen molar-refractivity contribution in [3.63, 3.8) is 0 Å². The van der Waals surface area contributed by atoms with Crippen LogP contribution in [0.4, 0.5) is 0 Å². The number of aliphatic hydroxyl groups excluding tert-OH is 1. The van der Waals surface area contributed by atoms with Crippen molar-refractivity contribution in [3.05, 3.63) is 88.0 Å². The number of benzene rings is 3. The van der Waals surface area contributed by atoms with Gasteiger partial charge in [0.25, 0.3) is 0 Å². The third-order valence-corrected chi connectivity index (χ3v) is 8.21. The normalized spacial score (nSPS) is 21.6. The molecule has 9 heteroatoms. The first-order chi connectivity index (χ1) is 21.0. The molecule has 1 heterocycles. The Bertz CT molecular complexity index is 1690. The summed E-state index contributed by atoms with van der Waals surface area (Å²) in [5, 5.41) is 44.2. The zero-order valence-corrected chi connectivity index (χ0v) is 24.9. The summed E-state index contributed by atoms with van der Waals surface area (Å²) < 4.78 is 11.5. The Labute approximate surface area is 255 Å². The molecular formula is C35H36O9. The molecule has 0 bridgehead atoms. The van der Waals surface area contributed by atoms with Gasteiger partial charge in [0.1, 0.15) is 17.2 Å². The van der Waals surface area contributed by atoms with Crippen molar-refractivity contribution in [3.8, 4) is 17.2 Å². The molecule has 5 rings (SSSR count). The van der Waals surface area contributed by atoms with Crippen molar-refractivity contribution >= 4 is 28.3 Å². The van der Waals surface area contributed by atoms with Gasteiger partial charge in [-0.1, -0.05) is 50.1 Å². The summed E-state index contributed by atoms with van der Waals surface area (Å²) in [5.74, 6) is -3.21. The van der Waals surface area contributed by atoms with Gasteiger partial charge in [0.15, 0.2) is 11.9 Å². The molecule has 3 aromatic carbocycles. The molecule has 1 fully saturated rings. The lowest BCUT2D eigenvalue weighted by atomic mass is 9.79. The highest BCUT2D eigenvalue weighted by molar-refractivity contribution is 6.34. The smallest absolute Gasteiger partial charge is 0.331 e. The molecule has 0 unspecified atom stereocenters. The fraction of sp³-hybridized carbons (Fsp3) is 0.343. The Morgan fingerprint density at radius 1 is 1.00 bits per heavy atom. The molecule has 0 saturated carbocycles. The molecule has 3 aromatic rings. The zero-order chi connectivity index (χ0) is 31.7. The fourth-order valence-corrected chi connectivity index (χ4v) is 6.08. The molecule has 1 saturated heterocycles. The van der Waals surface area contributed by atoms with Gasteiger partial charge in [-0.05, 0) is 55.8 Å². The topological polar surface area (TPSA) is 151 Å². The van der Waals surface area contributed by atoms with E-state index in [9.17, 15) is 34.8 Å². The molecule has 4 N–H and O–H groups in total. The third kappa shape index (κ3) is 5.73. The van der Waals surface area contributed by atoms with Crippen molar-refractivity contribution in [2.75, 3.05) is 0 Å². The maximum absolute atomic E-state index is 13.7. The summed E-state index contributed by atoms with van der Waals surface area (Å²) in [7, 11) is 0. The van der Waals surface area contributed by atoms with Crippen LogP contribution in [0.15, 0.2) is 54.6 Å². The highest BCUT2D eigenvalue weighted by atomic mass is 16.6. The van der Waals surface area contributed by atoms with E-state index in [0.29, 0.717) is 10.9 Å². The minimum Gasteiger partial charge on any atom is -0.507 e. The van der Waals surface area contributed by atoms with Crippen LogP contribution in [0.25, 0.3) is 10.8 Å². The summed E-state index contributed by atoms with van der Waals surface area (Å²) in [4.78, 5) is 39.8. The van der Waals surface area contributed by atoms with Gasteiger partial charge in [0.2, 0.25) is 5.78 Å². The lowest BCUT2D eigenvalue weighted by molar-refractivity contribution is -0.190. The number of phenols is 3. The number of rotatable bonds is 8. The first-order valence-corrected chi connectivity index (χ1v) is 14.8. The van der Waals surface area contributed by atoms with Crippen LogP contribution in [0.1, 0.15) is 95.0 Å². The maximum atomic E-state index is 13.7. The van der Waals surface area contributed by atoms with Gasteiger partial charge in [-0.25, -0.2) is 4.79 Å². The second kappa shape index (κ2) is 12.6. The van der Waals surface area contributed by atoms with Gasteiger partial charge in [-0.15, -0.1) is 0 Å². The van der Waals surface area contributed by atoms with Crippen molar-refractivity contribution < 1.29 is 44.3 Å². The Morgan fingerprint density at radius 3 is 2.50 bits per heavy atom. The second-order valence-corrected chi connectivity index (χ2v) is 11.4. The number of hydrogen-bond donors (Lipinski definition) is 4. The Morgan fingerprint density at radius 2 is 1.77 bits per heavy atom. The minimum atomic E-state index is -1.14. The summed E-state index contributed by atoms with van der Waals surface area (Å²) in [5.41, 5.74) is 0.0397. The first kappa shape index (κ1) is 31.0. The zero-order valence-electron chi connectivity index (χ0n) is 24.9. The van der Waals surface area contributed by atoms with Crippen molar-refractivity contribution in [1.82, 2.24) is 0 Å². The van der Waals surface area contributed by atoms with E-state index in [2.05, 4.69) is 6.92 Å². The van der Waals surface area contributed by atoms with E-state index in [1.54, 1.807) is 32.1 Å². The van der Waals surface area contributed by atoms with Gasteiger partial charge in [-0.2, -0.15) is 0 Å². The van der Waals surface area contributed by atoms with Gasteiger partial charge in [0, 0.05) is 34.6 Å². The number of ketones is 2. The van der Waals surface area contributed by atoms with Gasteiger partial charge >= 0.3 is 5.97 Å². The lowest BCUT2D eigenvalue weighted by Gasteiger charge is -2.38. The third-order valence-electron chi connectivity index (χ3n) is 8.21. The highest BCUT2D eigenvalue weighted by Gasteiger charge is 2.42. The summed E-state index contributed by atoms with van der Waals surface area (Å²) in [6, 6.07) is 7.30. The van der Waals surface area contributed by atoms with Crippen LogP contribution in [0.5, 0.6) is 17.2 Å². The number of aromatic hydroxyl groups is 3. The molecular weight excluding hydrogens is 564 g/mol. The molecule has 9 nitrogen and oxygen atoms in total.